The summed E-state index contributed by atoms with van der Waals surface area (Å²) in [6, 6.07) is 0. The SMILES string of the molecule is O=C(O)CC(O)/C=C/C1C2CC3CC(C2)CC1C3. The van der Waals surface area contributed by atoms with Crippen molar-refractivity contribution >= 4 is 5.97 Å². The van der Waals surface area contributed by atoms with Crippen molar-refractivity contribution in [2.45, 2.75) is 44.6 Å². The van der Waals surface area contributed by atoms with E-state index in [1.54, 1.807) is 6.08 Å². The molecule has 4 aliphatic carbocycles. The molecular formula is C15H22O3. The van der Waals surface area contributed by atoms with E-state index in [0.29, 0.717) is 5.92 Å². The molecule has 1 unspecified atom stereocenters. The molecule has 0 aromatic heterocycles. The molecule has 4 saturated carbocycles. The maximum absolute atomic E-state index is 10.5. The number of aliphatic hydroxyl groups excluding tert-OH is 1. The van der Waals surface area contributed by atoms with Gasteiger partial charge in [-0.1, -0.05) is 12.2 Å². The standard InChI is InChI=1S/C15H22O3/c16-13(8-15(17)18)1-2-14-11-4-9-3-10(6-11)7-12(14)5-9/h1-2,9-14,16H,3-8H2,(H,17,18)/b2-1+. The summed E-state index contributed by atoms with van der Waals surface area (Å²) >= 11 is 0. The maximum atomic E-state index is 10.5. The molecule has 0 aliphatic heterocycles. The predicted octanol–water partition coefficient (Wildman–Crippen LogP) is 2.45. The van der Waals surface area contributed by atoms with Gasteiger partial charge in [-0.25, -0.2) is 0 Å². The summed E-state index contributed by atoms with van der Waals surface area (Å²) in [6.45, 7) is 0. The van der Waals surface area contributed by atoms with Crippen LogP contribution < -0.4 is 0 Å². The molecule has 1 atom stereocenters. The molecule has 18 heavy (non-hydrogen) atoms. The number of carboxylic acids is 1. The molecule has 0 aromatic carbocycles. The van der Waals surface area contributed by atoms with Crippen LogP contribution in [0.3, 0.4) is 0 Å². The molecule has 0 saturated heterocycles. The second-order valence-corrected chi connectivity index (χ2v) is 6.56. The zero-order chi connectivity index (χ0) is 12.7. The van der Waals surface area contributed by atoms with Crippen LogP contribution in [0.15, 0.2) is 12.2 Å². The Bertz CT molecular complexity index is 333. The van der Waals surface area contributed by atoms with Crippen molar-refractivity contribution in [3.63, 3.8) is 0 Å². The van der Waals surface area contributed by atoms with E-state index < -0.39 is 12.1 Å². The molecule has 0 spiro atoms. The lowest BCUT2D eigenvalue weighted by molar-refractivity contribution is -0.138. The van der Waals surface area contributed by atoms with Gasteiger partial charge in [0.1, 0.15) is 0 Å². The molecule has 4 aliphatic rings. The molecule has 0 heterocycles. The molecule has 3 heteroatoms. The highest BCUT2D eigenvalue weighted by molar-refractivity contribution is 5.67. The summed E-state index contributed by atoms with van der Waals surface area (Å²) in [6.07, 6.45) is 9.73. The fourth-order valence-electron chi connectivity index (χ4n) is 4.79. The van der Waals surface area contributed by atoms with E-state index in [9.17, 15) is 9.90 Å². The van der Waals surface area contributed by atoms with Gasteiger partial charge in [0.05, 0.1) is 12.5 Å². The summed E-state index contributed by atoms with van der Waals surface area (Å²) < 4.78 is 0. The van der Waals surface area contributed by atoms with Gasteiger partial charge in [0, 0.05) is 0 Å². The summed E-state index contributed by atoms with van der Waals surface area (Å²) in [4.78, 5) is 10.5. The second-order valence-electron chi connectivity index (χ2n) is 6.56. The van der Waals surface area contributed by atoms with Gasteiger partial charge in [0.15, 0.2) is 0 Å². The van der Waals surface area contributed by atoms with Crippen molar-refractivity contribution in [3.05, 3.63) is 12.2 Å². The Morgan fingerprint density at radius 3 is 2.17 bits per heavy atom. The highest BCUT2D eigenvalue weighted by Crippen LogP contribution is 2.56. The number of hydrogen-bond donors (Lipinski definition) is 2. The lowest BCUT2D eigenvalue weighted by Crippen LogP contribution is -2.44. The minimum Gasteiger partial charge on any atom is -0.481 e. The first-order valence-corrected chi connectivity index (χ1v) is 7.20. The van der Waals surface area contributed by atoms with Crippen molar-refractivity contribution in [2.75, 3.05) is 0 Å². The van der Waals surface area contributed by atoms with Crippen LogP contribution in [0, 0.1) is 29.6 Å². The first-order chi connectivity index (χ1) is 8.61. The number of aliphatic hydroxyl groups is 1. The molecule has 2 N–H and O–H groups in total. The van der Waals surface area contributed by atoms with Crippen LogP contribution >= 0.6 is 0 Å². The Morgan fingerprint density at radius 1 is 1.11 bits per heavy atom. The van der Waals surface area contributed by atoms with E-state index in [1.807, 2.05) is 0 Å². The normalized spacial score (nSPS) is 43.5. The molecular weight excluding hydrogens is 228 g/mol. The molecule has 4 rings (SSSR count). The van der Waals surface area contributed by atoms with Gasteiger partial charge in [0.25, 0.3) is 0 Å². The van der Waals surface area contributed by atoms with Crippen molar-refractivity contribution in [1.82, 2.24) is 0 Å². The third-order valence-corrected chi connectivity index (χ3v) is 5.24. The van der Waals surface area contributed by atoms with E-state index in [1.165, 1.54) is 32.1 Å². The van der Waals surface area contributed by atoms with Crippen molar-refractivity contribution < 1.29 is 15.0 Å². The highest BCUT2D eigenvalue weighted by atomic mass is 16.4. The first-order valence-electron chi connectivity index (χ1n) is 7.20. The Kier molecular flexibility index (Phi) is 3.18. The van der Waals surface area contributed by atoms with Gasteiger partial charge in [-0.05, 0) is 61.7 Å². The number of aliphatic carboxylic acids is 1. The third kappa shape index (κ3) is 2.33. The van der Waals surface area contributed by atoms with Gasteiger partial charge in [-0.15, -0.1) is 0 Å². The average molecular weight is 250 g/mol. The minimum absolute atomic E-state index is 0.177. The molecule has 0 aromatic rings. The van der Waals surface area contributed by atoms with E-state index in [4.69, 9.17) is 5.11 Å². The largest absolute Gasteiger partial charge is 0.481 e. The van der Waals surface area contributed by atoms with Gasteiger partial charge in [-0.3, -0.25) is 4.79 Å². The van der Waals surface area contributed by atoms with Crippen LogP contribution in [0.2, 0.25) is 0 Å². The zero-order valence-corrected chi connectivity index (χ0v) is 10.7. The fraction of sp³-hybridized carbons (Fsp3) is 0.800. The summed E-state index contributed by atoms with van der Waals surface area (Å²) in [7, 11) is 0. The lowest BCUT2D eigenvalue weighted by Gasteiger charge is -2.53. The smallest absolute Gasteiger partial charge is 0.306 e. The number of rotatable bonds is 4. The quantitative estimate of drug-likeness (QED) is 0.753. The topological polar surface area (TPSA) is 57.5 Å². The molecule has 4 fully saturated rings. The monoisotopic (exact) mass is 250 g/mol. The molecule has 0 amide bonds. The van der Waals surface area contributed by atoms with E-state index in [2.05, 4.69) is 6.08 Å². The second kappa shape index (κ2) is 4.69. The summed E-state index contributed by atoms with van der Waals surface area (Å²) in [5.74, 6) is 3.18. The Morgan fingerprint density at radius 2 is 1.67 bits per heavy atom. The van der Waals surface area contributed by atoms with Gasteiger partial charge in [0.2, 0.25) is 0 Å². The van der Waals surface area contributed by atoms with Crippen LogP contribution in [-0.2, 0) is 4.79 Å². The minimum atomic E-state index is -0.933. The van der Waals surface area contributed by atoms with Crippen molar-refractivity contribution in [3.8, 4) is 0 Å². The number of carbonyl (C=O) groups is 1. The maximum Gasteiger partial charge on any atom is 0.306 e. The third-order valence-electron chi connectivity index (χ3n) is 5.24. The van der Waals surface area contributed by atoms with E-state index in [0.717, 1.165) is 23.7 Å². The Balaban J connectivity index is 1.63. The van der Waals surface area contributed by atoms with Crippen molar-refractivity contribution in [1.29, 1.82) is 0 Å². The van der Waals surface area contributed by atoms with Crippen LogP contribution in [0.5, 0.6) is 0 Å². The molecule has 0 radical (unpaired) electrons. The average Bonchev–Trinajstić information content (AvgIpc) is 2.25. The molecule has 3 nitrogen and oxygen atoms in total. The van der Waals surface area contributed by atoms with E-state index >= 15 is 0 Å². The first kappa shape index (κ1) is 12.2. The van der Waals surface area contributed by atoms with E-state index in [-0.39, 0.29) is 6.42 Å². The number of allylic oxidation sites excluding steroid dienone is 1. The van der Waals surface area contributed by atoms with Crippen LogP contribution in [0.1, 0.15) is 38.5 Å². The van der Waals surface area contributed by atoms with Crippen molar-refractivity contribution in [2.24, 2.45) is 29.6 Å². The summed E-state index contributed by atoms with van der Waals surface area (Å²) in [5.41, 5.74) is 0. The number of hydrogen-bond acceptors (Lipinski definition) is 2. The summed E-state index contributed by atoms with van der Waals surface area (Å²) in [5, 5.41) is 18.2. The zero-order valence-electron chi connectivity index (χ0n) is 10.7. The Hall–Kier alpha value is -0.830. The lowest BCUT2D eigenvalue weighted by atomic mass is 9.52. The van der Waals surface area contributed by atoms with Gasteiger partial charge in [-0.2, -0.15) is 0 Å². The van der Waals surface area contributed by atoms with Crippen LogP contribution in [-0.4, -0.2) is 22.3 Å². The van der Waals surface area contributed by atoms with Crippen LogP contribution in [0.4, 0.5) is 0 Å². The van der Waals surface area contributed by atoms with Crippen LogP contribution in [0.25, 0.3) is 0 Å². The van der Waals surface area contributed by atoms with Gasteiger partial charge >= 0.3 is 5.97 Å². The fourth-order valence-corrected chi connectivity index (χ4v) is 4.79. The van der Waals surface area contributed by atoms with Gasteiger partial charge < -0.3 is 10.2 Å². The molecule has 100 valence electrons. The predicted molar refractivity (Wildman–Crippen MR) is 67.9 cm³/mol. The number of carboxylic acid groups (broad SMARTS) is 1. The highest BCUT2D eigenvalue weighted by Gasteiger charge is 2.47. The Labute approximate surface area is 108 Å². The molecule has 4 bridgehead atoms.